The number of amides is 2. The minimum atomic E-state index is -0.520. The van der Waals surface area contributed by atoms with Crippen molar-refractivity contribution in [1.82, 2.24) is 0 Å². The van der Waals surface area contributed by atoms with Crippen LogP contribution in [-0.2, 0) is 16.0 Å². The zero-order valence-corrected chi connectivity index (χ0v) is 16.0. The molecule has 5 nitrogen and oxygen atoms in total. The van der Waals surface area contributed by atoms with Crippen LogP contribution in [0.3, 0.4) is 0 Å². The number of carbonyl (C=O) groups is 2. The van der Waals surface area contributed by atoms with E-state index in [2.05, 4.69) is 12.2 Å². The molecule has 3 rings (SSSR count). The number of hydrogen-bond donors (Lipinski definition) is 1. The number of anilines is 2. The Morgan fingerprint density at radius 3 is 2.44 bits per heavy atom. The molecule has 1 fully saturated rings. The molecule has 0 spiro atoms. The number of carbonyl (C=O) groups excluding carboxylic acids is 2. The third-order valence-corrected chi connectivity index (χ3v) is 5.30. The van der Waals surface area contributed by atoms with E-state index in [9.17, 15) is 14.9 Å². The highest BCUT2D eigenvalue weighted by molar-refractivity contribution is 8.04. The van der Waals surface area contributed by atoms with Gasteiger partial charge in [0.15, 0.2) is 0 Å². The molecule has 0 aliphatic carbocycles. The van der Waals surface area contributed by atoms with E-state index in [1.807, 2.05) is 49.4 Å². The van der Waals surface area contributed by atoms with Crippen molar-refractivity contribution >= 4 is 35.0 Å². The number of thioether (sulfide) groups is 1. The fourth-order valence-electron chi connectivity index (χ4n) is 2.72. The first-order valence-electron chi connectivity index (χ1n) is 8.60. The summed E-state index contributed by atoms with van der Waals surface area (Å²) in [4.78, 5) is 26.5. The van der Waals surface area contributed by atoms with Crippen molar-refractivity contribution in [2.24, 2.45) is 0 Å². The molecule has 27 heavy (non-hydrogen) atoms. The van der Waals surface area contributed by atoms with Gasteiger partial charge in [-0.2, -0.15) is 5.26 Å². The van der Waals surface area contributed by atoms with Gasteiger partial charge in [-0.3, -0.25) is 14.5 Å². The third kappa shape index (κ3) is 4.04. The zero-order chi connectivity index (χ0) is 19.4. The molecular formula is C21H19N3O2S. The van der Waals surface area contributed by atoms with Gasteiger partial charge in [0.2, 0.25) is 5.91 Å². The van der Waals surface area contributed by atoms with Gasteiger partial charge < -0.3 is 5.32 Å². The van der Waals surface area contributed by atoms with Crippen LogP contribution in [0.5, 0.6) is 0 Å². The van der Waals surface area contributed by atoms with Gasteiger partial charge in [0.1, 0.15) is 16.7 Å². The Hall–Kier alpha value is -3.04. The van der Waals surface area contributed by atoms with Gasteiger partial charge in [-0.25, -0.2) is 0 Å². The van der Waals surface area contributed by atoms with Crippen molar-refractivity contribution in [3.63, 3.8) is 0 Å². The Bertz CT molecular complexity index is 941. The number of rotatable bonds is 4. The van der Waals surface area contributed by atoms with Gasteiger partial charge in [0.25, 0.3) is 5.91 Å². The standard InChI is InChI=1S/C21H19N3O2S/c1-3-15-6-10-17(11-7-15)24-19(25)13-27-21(24)18(12-22)20(26)23-16-8-4-14(2)5-9-16/h4-11H,3,13H2,1-2H3,(H,23,26)/b21-18-. The highest BCUT2D eigenvalue weighted by atomic mass is 32.2. The van der Waals surface area contributed by atoms with E-state index >= 15 is 0 Å². The summed E-state index contributed by atoms with van der Waals surface area (Å²) in [6, 6.07) is 16.9. The minimum Gasteiger partial charge on any atom is -0.321 e. The maximum absolute atomic E-state index is 12.7. The van der Waals surface area contributed by atoms with Crippen LogP contribution in [0.4, 0.5) is 11.4 Å². The van der Waals surface area contributed by atoms with E-state index in [0.29, 0.717) is 16.4 Å². The number of aryl methyl sites for hydroxylation is 2. The van der Waals surface area contributed by atoms with E-state index < -0.39 is 5.91 Å². The molecule has 0 aromatic heterocycles. The van der Waals surface area contributed by atoms with E-state index in [1.54, 1.807) is 12.1 Å². The molecule has 1 N–H and O–H groups in total. The summed E-state index contributed by atoms with van der Waals surface area (Å²) in [5, 5.41) is 12.7. The van der Waals surface area contributed by atoms with Crippen LogP contribution in [0.25, 0.3) is 0 Å². The van der Waals surface area contributed by atoms with E-state index in [4.69, 9.17) is 0 Å². The molecule has 2 aromatic rings. The molecule has 0 unspecified atom stereocenters. The number of hydrogen-bond acceptors (Lipinski definition) is 4. The highest BCUT2D eigenvalue weighted by Crippen LogP contribution is 2.36. The lowest BCUT2D eigenvalue weighted by atomic mass is 10.1. The number of nitriles is 1. The minimum absolute atomic E-state index is 0.0639. The molecule has 0 radical (unpaired) electrons. The van der Waals surface area contributed by atoms with E-state index in [-0.39, 0.29) is 17.2 Å². The SMILES string of the molecule is CCc1ccc(N2C(=O)CS/C2=C(/C#N)C(=O)Nc2ccc(C)cc2)cc1. The lowest BCUT2D eigenvalue weighted by Gasteiger charge is -2.18. The summed E-state index contributed by atoms with van der Waals surface area (Å²) in [6.45, 7) is 4.01. The Balaban J connectivity index is 1.93. The van der Waals surface area contributed by atoms with Crippen molar-refractivity contribution in [3.05, 3.63) is 70.3 Å². The van der Waals surface area contributed by atoms with Gasteiger partial charge in [-0.05, 0) is 43.2 Å². The van der Waals surface area contributed by atoms with Gasteiger partial charge in [-0.1, -0.05) is 48.5 Å². The lowest BCUT2D eigenvalue weighted by molar-refractivity contribution is -0.115. The first kappa shape index (κ1) is 18.7. The van der Waals surface area contributed by atoms with Crippen LogP contribution in [-0.4, -0.2) is 17.6 Å². The normalized spacial score (nSPS) is 15.4. The van der Waals surface area contributed by atoms with Gasteiger partial charge in [0, 0.05) is 11.4 Å². The molecule has 2 amide bonds. The molecule has 2 aromatic carbocycles. The predicted octanol–water partition coefficient (Wildman–Crippen LogP) is 4.01. The van der Waals surface area contributed by atoms with Gasteiger partial charge >= 0.3 is 0 Å². The Kier molecular flexibility index (Phi) is 5.63. The van der Waals surface area contributed by atoms with Gasteiger partial charge in [0.05, 0.1) is 5.75 Å². The zero-order valence-electron chi connectivity index (χ0n) is 15.2. The Labute approximate surface area is 162 Å². The van der Waals surface area contributed by atoms with E-state index in [1.165, 1.54) is 16.7 Å². The van der Waals surface area contributed by atoms with Crippen molar-refractivity contribution in [2.45, 2.75) is 20.3 Å². The van der Waals surface area contributed by atoms with Crippen molar-refractivity contribution < 1.29 is 9.59 Å². The molecule has 6 heteroatoms. The topological polar surface area (TPSA) is 73.2 Å². The maximum atomic E-state index is 12.7. The molecule has 0 atom stereocenters. The summed E-state index contributed by atoms with van der Waals surface area (Å²) < 4.78 is 0. The summed E-state index contributed by atoms with van der Waals surface area (Å²) in [5.74, 6) is -0.461. The van der Waals surface area contributed by atoms with Crippen molar-refractivity contribution in [1.29, 1.82) is 5.26 Å². The van der Waals surface area contributed by atoms with Crippen LogP contribution in [0.2, 0.25) is 0 Å². The first-order valence-corrected chi connectivity index (χ1v) is 9.59. The van der Waals surface area contributed by atoms with E-state index in [0.717, 1.165) is 17.5 Å². The second kappa shape index (κ2) is 8.11. The smallest absolute Gasteiger partial charge is 0.269 e. The highest BCUT2D eigenvalue weighted by Gasteiger charge is 2.33. The van der Waals surface area contributed by atoms with Gasteiger partial charge in [-0.15, -0.1) is 0 Å². The maximum Gasteiger partial charge on any atom is 0.269 e. The fraction of sp³-hybridized carbons (Fsp3) is 0.190. The first-order chi connectivity index (χ1) is 13.0. The second-order valence-corrected chi connectivity index (χ2v) is 7.11. The molecule has 1 saturated heterocycles. The fourth-order valence-corrected chi connectivity index (χ4v) is 3.73. The van der Waals surface area contributed by atoms with Crippen LogP contribution >= 0.6 is 11.8 Å². The molecule has 1 heterocycles. The van der Waals surface area contributed by atoms with Crippen LogP contribution in [0, 0.1) is 18.3 Å². The molecule has 0 bridgehead atoms. The summed E-state index contributed by atoms with van der Waals surface area (Å²) >= 11 is 1.21. The summed E-state index contributed by atoms with van der Waals surface area (Å²) in [7, 11) is 0. The average Bonchev–Trinajstić information content (AvgIpc) is 3.05. The predicted molar refractivity (Wildman–Crippen MR) is 108 cm³/mol. The molecule has 1 aliphatic heterocycles. The Morgan fingerprint density at radius 1 is 1.19 bits per heavy atom. The van der Waals surface area contributed by atoms with Crippen LogP contribution in [0.1, 0.15) is 18.1 Å². The monoisotopic (exact) mass is 377 g/mol. The summed E-state index contributed by atoms with van der Waals surface area (Å²) in [5.41, 5.74) is 3.43. The van der Waals surface area contributed by atoms with Crippen LogP contribution in [0.15, 0.2) is 59.1 Å². The quantitative estimate of drug-likeness (QED) is 0.645. The largest absolute Gasteiger partial charge is 0.321 e. The second-order valence-electron chi connectivity index (χ2n) is 6.15. The van der Waals surface area contributed by atoms with Crippen LogP contribution < -0.4 is 10.2 Å². The molecular weight excluding hydrogens is 358 g/mol. The number of nitrogens with zero attached hydrogens (tertiary/aromatic N) is 2. The third-order valence-electron chi connectivity index (χ3n) is 4.25. The molecule has 1 aliphatic rings. The molecule has 136 valence electrons. The Morgan fingerprint density at radius 2 is 1.85 bits per heavy atom. The number of benzene rings is 2. The van der Waals surface area contributed by atoms with Crippen molar-refractivity contribution in [3.8, 4) is 6.07 Å². The number of nitrogens with one attached hydrogen (secondary N) is 1. The van der Waals surface area contributed by atoms with Crippen molar-refractivity contribution in [2.75, 3.05) is 16.0 Å². The molecule has 0 saturated carbocycles. The summed E-state index contributed by atoms with van der Waals surface area (Å²) in [6.07, 6.45) is 0.897. The lowest BCUT2D eigenvalue weighted by Crippen LogP contribution is -2.26. The average molecular weight is 377 g/mol.